The largest absolute Gasteiger partial charge is 0.481 e. The van der Waals surface area contributed by atoms with E-state index in [1.54, 1.807) is 0 Å². The number of hydrogen-bond acceptors (Lipinski definition) is 4. The predicted molar refractivity (Wildman–Crippen MR) is 103 cm³/mol. The lowest BCUT2D eigenvalue weighted by Gasteiger charge is -2.28. The second kappa shape index (κ2) is 9.36. The first-order chi connectivity index (χ1) is 12.3. The van der Waals surface area contributed by atoms with Gasteiger partial charge < -0.3 is 15.1 Å². The van der Waals surface area contributed by atoms with Crippen LogP contribution in [0.2, 0.25) is 0 Å². The maximum absolute atomic E-state index is 10.5. The molecular weight excluding hydrogens is 330 g/mol. The van der Waals surface area contributed by atoms with Crippen LogP contribution in [-0.2, 0) is 9.63 Å². The van der Waals surface area contributed by atoms with E-state index in [1.165, 1.54) is 5.57 Å². The quantitative estimate of drug-likeness (QED) is 0.447. The Hall–Kier alpha value is -1.62. The Morgan fingerprint density at radius 3 is 2.92 bits per heavy atom. The van der Waals surface area contributed by atoms with Crippen LogP contribution in [0, 0.1) is 17.3 Å². The van der Waals surface area contributed by atoms with Gasteiger partial charge in [0.2, 0.25) is 0 Å². The molecule has 1 saturated carbocycles. The molecule has 2 N–H and O–H groups in total. The van der Waals surface area contributed by atoms with Crippen LogP contribution in [0.4, 0.5) is 0 Å². The lowest BCUT2D eigenvalue weighted by atomic mass is 9.81. The number of aliphatic hydroxyl groups is 1. The first kappa shape index (κ1) is 20.7. The molecule has 0 aromatic rings. The van der Waals surface area contributed by atoms with Crippen LogP contribution in [0.15, 0.2) is 29.0 Å². The number of carboxylic acids is 1. The van der Waals surface area contributed by atoms with Crippen LogP contribution in [-0.4, -0.2) is 34.6 Å². The number of fused-ring (bicyclic) bond motifs is 1. The molecule has 0 heterocycles. The van der Waals surface area contributed by atoms with Crippen LogP contribution in [0.3, 0.4) is 0 Å². The van der Waals surface area contributed by atoms with E-state index in [0.29, 0.717) is 11.8 Å². The fourth-order valence-electron chi connectivity index (χ4n) is 3.80. The van der Waals surface area contributed by atoms with Crippen molar-refractivity contribution in [3.8, 4) is 0 Å². The molecule has 2 aliphatic rings. The average molecular weight is 363 g/mol. The predicted octanol–water partition coefficient (Wildman–Crippen LogP) is 4.32. The van der Waals surface area contributed by atoms with E-state index >= 15 is 0 Å². The number of rotatable bonds is 10. The number of hydrogen-bond donors (Lipinski definition) is 2. The number of nitrogens with zero attached hydrogens (tertiary/aromatic N) is 1. The fraction of sp³-hybridized carbons (Fsp3) is 0.714. The summed E-state index contributed by atoms with van der Waals surface area (Å²) in [4.78, 5) is 15.6. The summed E-state index contributed by atoms with van der Waals surface area (Å²) < 4.78 is 0. The molecule has 0 aromatic carbocycles. The van der Waals surface area contributed by atoms with E-state index in [4.69, 9.17) is 9.94 Å². The molecule has 0 spiro atoms. The van der Waals surface area contributed by atoms with Crippen molar-refractivity contribution in [3.05, 3.63) is 23.8 Å². The Labute approximate surface area is 156 Å². The number of allylic oxidation sites excluding steroid dienone is 3. The summed E-state index contributed by atoms with van der Waals surface area (Å²) in [5, 5.41) is 23.3. The van der Waals surface area contributed by atoms with Crippen molar-refractivity contribution >= 4 is 11.7 Å². The monoisotopic (exact) mass is 363 g/mol. The molecule has 2 rings (SSSR count). The Bertz CT molecular complexity index is 577. The van der Waals surface area contributed by atoms with Crippen LogP contribution >= 0.6 is 0 Å². The lowest BCUT2D eigenvalue weighted by Crippen LogP contribution is -2.27. The van der Waals surface area contributed by atoms with Crippen molar-refractivity contribution in [1.29, 1.82) is 0 Å². The van der Waals surface area contributed by atoms with Crippen LogP contribution in [0.1, 0.15) is 65.7 Å². The summed E-state index contributed by atoms with van der Waals surface area (Å²) in [7, 11) is 0. The Kier molecular flexibility index (Phi) is 7.44. The van der Waals surface area contributed by atoms with Crippen molar-refractivity contribution in [1.82, 2.24) is 0 Å². The zero-order valence-electron chi connectivity index (χ0n) is 16.3. The number of carbonyl (C=O) groups is 1. The van der Waals surface area contributed by atoms with Gasteiger partial charge in [-0.1, -0.05) is 57.0 Å². The first-order valence-electron chi connectivity index (χ1n) is 9.79. The van der Waals surface area contributed by atoms with Gasteiger partial charge in [0.25, 0.3) is 0 Å². The van der Waals surface area contributed by atoms with E-state index in [9.17, 15) is 9.90 Å². The van der Waals surface area contributed by atoms with Crippen molar-refractivity contribution in [2.24, 2.45) is 22.4 Å². The third-order valence-electron chi connectivity index (χ3n) is 5.65. The number of aliphatic hydroxyl groups excluding tert-OH is 1. The van der Waals surface area contributed by atoms with Crippen molar-refractivity contribution in [2.45, 2.75) is 71.8 Å². The van der Waals surface area contributed by atoms with E-state index in [1.807, 2.05) is 6.08 Å². The Balaban J connectivity index is 1.87. The Morgan fingerprint density at radius 2 is 2.23 bits per heavy atom. The Morgan fingerprint density at radius 1 is 1.46 bits per heavy atom. The average Bonchev–Trinajstić information content (AvgIpc) is 3.15. The van der Waals surface area contributed by atoms with E-state index in [0.717, 1.165) is 44.2 Å². The van der Waals surface area contributed by atoms with E-state index in [-0.39, 0.29) is 18.4 Å². The van der Waals surface area contributed by atoms with Crippen LogP contribution in [0.5, 0.6) is 0 Å². The van der Waals surface area contributed by atoms with Gasteiger partial charge in [-0.3, -0.25) is 4.79 Å². The second-order valence-corrected chi connectivity index (χ2v) is 8.25. The minimum absolute atomic E-state index is 0.0246. The molecule has 3 atom stereocenters. The molecular formula is C21H33NO4. The maximum atomic E-state index is 10.5. The van der Waals surface area contributed by atoms with Crippen molar-refractivity contribution < 1.29 is 19.8 Å². The second-order valence-electron chi connectivity index (χ2n) is 8.25. The van der Waals surface area contributed by atoms with Crippen LogP contribution in [0.25, 0.3) is 0 Å². The SMILES string of the molecule is CCCCC(C)(C)C(O)C=CC1=CC[C@@H]2C/C(=N/OCCC(=O)O)C[C@@H]12. The molecule has 0 aromatic heterocycles. The van der Waals surface area contributed by atoms with Gasteiger partial charge in [-0.05, 0) is 48.5 Å². The van der Waals surface area contributed by atoms with Gasteiger partial charge in [-0.2, -0.15) is 0 Å². The molecule has 146 valence electrons. The summed E-state index contributed by atoms with van der Waals surface area (Å²) >= 11 is 0. The number of unbranched alkanes of at least 4 members (excludes halogenated alkanes) is 1. The topological polar surface area (TPSA) is 79.1 Å². The van der Waals surface area contributed by atoms with Gasteiger partial charge in [-0.15, -0.1) is 0 Å². The van der Waals surface area contributed by atoms with Crippen LogP contribution < -0.4 is 0 Å². The molecule has 2 aliphatic carbocycles. The molecule has 1 unspecified atom stereocenters. The van der Waals surface area contributed by atoms with Gasteiger partial charge in [0.05, 0.1) is 18.2 Å². The molecule has 26 heavy (non-hydrogen) atoms. The lowest BCUT2D eigenvalue weighted by molar-refractivity contribution is -0.138. The van der Waals surface area contributed by atoms with Gasteiger partial charge >= 0.3 is 5.97 Å². The third kappa shape index (κ3) is 5.70. The van der Waals surface area contributed by atoms with Crippen molar-refractivity contribution in [2.75, 3.05) is 6.61 Å². The summed E-state index contributed by atoms with van der Waals surface area (Å²) in [5.74, 6) is 0.130. The molecule has 0 radical (unpaired) electrons. The van der Waals surface area contributed by atoms with Gasteiger partial charge in [-0.25, -0.2) is 0 Å². The summed E-state index contributed by atoms with van der Waals surface area (Å²) in [6.45, 7) is 6.54. The minimum atomic E-state index is -0.871. The first-order valence-corrected chi connectivity index (χ1v) is 9.79. The van der Waals surface area contributed by atoms with Gasteiger partial charge in [0.1, 0.15) is 6.61 Å². The summed E-state index contributed by atoms with van der Waals surface area (Å²) in [5.41, 5.74) is 2.20. The molecule has 5 heteroatoms. The zero-order chi connectivity index (χ0) is 19.2. The highest BCUT2D eigenvalue weighted by Gasteiger charge is 2.37. The third-order valence-corrected chi connectivity index (χ3v) is 5.65. The normalized spacial score (nSPS) is 25.5. The standard InChI is InChI=1S/C21H33NO4/c1-4-5-11-21(2,3)19(23)9-8-15-6-7-16-13-17(14-18(15)16)22-26-12-10-20(24)25/h6,8-9,16,18-19,23H,4-5,7,10-14H2,1-3H3,(H,24,25)/b9-8?,22-17-/t16-,18+,19?/m1/s1. The van der Waals surface area contributed by atoms with E-state index < -0.39 is 12.1 Å². The summed E-state index contributed by atoms with van der Waals surface area (Å²) in [6.07, 6.45) is 12.0. The number of aliphatic carboxylic acids is 1. The maximum Gasteiger partial charge on any atom is 0.306 e. The molecule has 0 saturated heterocycles. The molecule has 0 bridgehead atoms. The van der Waals surface area contributed by atoms with Gasteiger partial charge in [0.15, 0.2) is 0 Å². The highest BCUT2D eigenvalue weighted by atomic mass is 16.6. The molecule has 0 amide bonds. The smallest absolute Gasteiger partial charge is 0.306 e. The zero-order valence-corrected chi connectivity index (χ0v) is 16.3. The number of oxime groups is 1. The number of carboxylic acid groups (broad SMARTS) is 1. The molecule has 5 nitrogen and oxygen atoms in total. The highest BCUT2D eigenvalue weighted by molar-refractivity contribution is 5.87. The van der Waals surface area contributed by atoms with Crippen molar-refractivity contribution in [3.63, 3.8) is 0 Å². The highest BCUT2D eigenvalue weighted by Crippen LogP contribution is 2.43. The van der Waals surface area contributed by atoms with Gasteiger partial charge in [0, 0.05) is 0 Å². The summed E-state index contributed by atoms with van der Waals surface area (Å²) in [6, 6.07) is 0. The molecule has 1 fully saturated rings. The van der Waals surface area contributed by atoms with E-state index in [2.05, 4.69) is 38.1 Å². The molecule has 0 aliphatic heterocycles. The fourth-order valence-corrected chi connectivity index (χ4v) is 3.80. The minimum Gasteiger partial charge on any atom is -0.481 e.